The number of methoxy groups -OCH3 is 1. The summed E-state index contributed by atoms with van der Waals surface area (Å²) in [5, 5.41) is 6.72. The number of aliphatic imine (C=N–C) groups is 1. The minimum atomic E-state index is 0. The van der Waals surface area contributed by atoms with Gasteiger partial charge in [0.15, 0.2) is 5.96 Å². The first-order valence-corrected chi connectivity index (χ1v) is 9.58. The molecule has 27 heavy (non-hydrogen) atoms. The van der Waals surface area contributed by atoms with Crippen molar-refractivity contribution < 1.29 is 9.47 Å². The summed E-state index contributed by atoms with van der Waals surface area (Å²) in [5.41, 5.74) is 2.92. The van der Waals surface area contributed by atoms with E-state index in [2.05, 4.69) is 60.7 Å². The lowest BCUT2D eigenvalue weighted by Gasteiger charge is -2.19. The molecule has 156 valence electrons. The van der Waals surface area contributed by atoms with E-state index in [9.17, 15) is 0 Å². The Morgan fingerprint density at radius 2 is 1.63 bits per heavy atom. The van der Waals surface area contributed by atoms with E-state index in [1.54, 1.807) is 14.2 Å². The van der Waals surface area contributed by atoms with E-state index in [0.717, 1.165) is 44.9 Å². The topological polar surface area (TPSA) is 54.9 Å². The quantitative estimate of drug-likeness (QED) is 0.214. The predicted molar refractivity (Wildman–Crippen MR) is 126 cm³/mol. The Kier molecular flexibility index (Phi) is 14.6. The third-order valence-electron chi connectivity index (χ3n) is 4.19. The molecule has 2 N–H and O–H groups in total. The maximum Gasteiger partial charge on any atom is 0.190 e. The summed E-state index contributed by atoms with van der Waals surface area (Å²) in [4.78, 5) is 4.27. The summed E-state index contributed by atoms with van der Waals surface area (Å²) in [5.74, 6) is 0.858. The zero-order valence-corrected chi connectivity index (χ0v) is 20.0. The van der Waals surface area contributed by atoms with Crippen LogP contribution in [0.3, 0.4) is 0 Å². The standard InChI is InChI=1S/C21H37N3O2.HI/c1-21(2,3)19-10-8-18(9-11-19)12-14-24-20(22-4)23-13-6-7-15-26-17-16-25-5;/h8-11H,6-7,12-17H2,1-5H3,(H2,22,23,24);1H. The van der Waals surface area contributed by atoms with Crippen LogP contribution in [0.25, 0.3) is 0 Å². The molecule has 1 aromatic rings. The number of rotatable bonds is 11. The van der Waals surface area contributed by atoms with Gasteiger partial charge in [0, 0.05) is 33.9 Å². The van der Waals surface area contributed by atoms with Gasteiger partial charge in [-0.3, -0.25) is 4.99 Å². The lowest BCUT2D eigenvalue weighted by Crippen LogP contribution is -2.38. The molecular formula is C21H38IN3O2. The van der Waals surface area contributed by atoms with E-state index < -0.39 is 0 Å². The van der Waals surface area contributed by atoms with Crippen molar-refractivity contribution in [2.45, 2.75) is 45.4 Å². The number of nitrogens with one attached hydrogen (secondary N) is 2. The maximum atomic E-state index is 5.45. The van der Waals surface area contributed by atoms with Crippen LogP contribution in [0.4, 0.5) is 0 Å². The van der Waals surface area contributed by atoms with E-state index in [-0.39, 0.29) is 29.4 Å². The molecule has 0 atom stereocenters. The molecule has 0 bridgehead atoms. The molecule has 0 fully saturated rings. The second-order valence-electron chi connectivity index (χ2n) is 7.43. The molecule has 0 aromatic heterocycles. The molecule has 0 saturated carbocycles. The molecule has 0 unspecified atom stereocenters. The van der Waals surface area contributed by atoms with Gasteiger partial charge in [-0.15, -0.1) is 24.0 Å². The van der Waals surface area contributed by atoms with E-state index in [0.29, 0.717) is 13.2 Å². The lowest BCUT2D eigenvalue weighted by atomic mass is 9.86. The summed E-state index contributed by atoms with van der Waals surface area (Å²) in [6.45, 7) is 10.6. The largest absolute Gasteiger partial charge is 0.382 e. The van der Waals surface area contributed by atoms with Crippen LogP contribution in [-0.2, 0) is 21.3 Å². The summed E-state index contributed by atoms with van der Waals surface area (Å²) in [6, 6.07) is 8.91. The van der Waals surface area contributed by atoms with Crippen molar-refractivity contribution in [1.29, 1.82) is 0 Å². The number of nitrogens with zero attached hydrogens (tertiary/aromatic N) is 1. The van der Waals surface area contributed by atoms with Gasteiger partial charge >= 0.3 is 0 Å². The third kappa shape index (κ3) is 12.3. The maximum absolute atomic E-state index is 5.45. The van der Waals surface area contributed by atoms with Crippen LogP contribution >= 0.6 is 24.0 Å². The van der Waals surface area contributed by atoms with Crippen molar-refractivity contribution >= 4 is 29.9 Å². The normalized spacial score (nSPS) is 11.8. The van der Waals surface area contributed by atoms with Crippen molar-refractivity contribution in [2.24, 2.45) is 4.99 Å². The predicted octanol–water partition coefficient (Wildman–Crippen LogP) is 3.75. The molecule has 0 spiro atoms. The van der Waals surface area contributed by atoms with Crippen LogP contribution < -0.4 is 10.6 Å². The lowest BCUT2D eigenvalue weighted by molar-refractivity contribution is 0.0689. The highest BCUT2D eigenvalue weighted by Crippen LogP contribution is 2.22. The number of ether oxygens (including phenoxy) is 2. The number of guanidine groups is 1. The molecule has 5 nitrogen and oxygen atoms in total. The summed E-state index contributed by atoms with van der Waals surface area (Å²) < 4.78 is 10.4. The van der Waals surface area contributed by atoms with Crippen LogP contribution in [0.1, 0.15) is 44.7 Å². The molecule has 0 radical (unpaired) electrons. The van der Waals surface area contributed by atoms with E-state index in [1.165, 1.54) is 11.1 Å². The molecule has 1 aromatic carbocycles. The average molecular weight is 491 g/mol. The van der Waals surface area contributed by atoms with Crippen molar-refractivity contribution in [3.63, 3.8) is 0 Å². The fourth-order valence-electron chi connectivity index (χ4n) is 2.50. The highest BCUT2D eigenvalue weighted by Gasteiger charge is 2.12. The van der Waals surface area contributed by atoms with Crippen molar-refractivity contribution in [3.8, 4) is 0 Å². The monoisotopic (exact) mass is 491 g/mol. The van der Waals surface area contributed by atoms with Gasteiger partial charge in [-0.25, -0.2) is 0 Å². The first-order valence-electron chi connectivity index (χ1n) is 9.58. The smallest absolute Gasteiger partial charge is 0.190 e. The molecule has 0 aliphatic carbocycles. The van der Waals surface area contributed by atoms with Crippen LogP contribution in [-0.4, -0.2) is 53.0 Å². The summed E-state index contributed by atoms with van der Waals surface area (Å²) in [6.07, 6.45) is 3.08. The molecule has 6 heteroatoms. The Morgan fingerprint density at radius 1 is 0.963 bits per heavy atom. The fourth-order valence-corrected chi connectivity index (χ4v) is 2.50. The van der Waals surface area contributed by atoms with Crippen LogP contribution in [0.2, 0.25) is 0 Å². The zero-order valence-electron chi connectivity index (χ0n) is 17.6. The van der Waals surface area contributed by atoms with Gasteiger partial charge in [0.2, 0.25) is 0 Å². The van der Waals surface area contributed by atoms with Crippen molar-refractivity contribution in [3.05, 3.63) is 35.4 Å². The zero-order chi connectivity index (χ0) is 19.3. The Morgan fingerprint density at radius 3 is 2.22 bits per heavy atom. The number of halogens is 1. The van der Waals surface area contributed by atoms with Gasteiger partial charge < -0.3 is 20.1 Å². The van der Waals surface area contributed by atoms with Crippen molar-refractivity contribution in [2.75, 3.05) is 47.1 Å². The first kappa shape index (κ1) is 26.1. The number of hydrogen-bond donors (Lipinski definition) is 2. The Bertz CT molecular complexity index is 513. The number of hydrogen-bond acceptors (Lipinski definition) is 3. The van der Waals surface area contributed by atoms with Gasteiger partial charge in [0.05, 0.1) is 13.2 Å². The molecular weight excluding hydrogens is 453 g/mol. The van der Waals surface area contributed by atoms with Gasteiger partial charge in [0.25, 0.3) is 0 Å². The van der Waals surface area contributed by atoms with Crippen molar-refractivity contribution in [1.82, 2.24) is 10.6 Å². The van der Waals surface area contributed by atoms with Crippen LogP contribution in [0, 0.1) is 0 Å². The average Bonchev–Trinajstić information content (AvgIpc) is 2.62. The Hall–Kier alpha value is -0.860. The van der Waals surface area contributed by atoms with Gasteiger partial charge in [0.1, 0.15) is 0 Å². The molecule has 0 amide bonds. The first-order chi connectivity index (χ1) is 12.5. The van der Waals surface area contributed by atoms with Crippen LogP contribution in [0.5, 0.6) is 0 Å². The van der Waals surface area contributed by atoms with Gasteiger partial charge in [-0.05, 0) is 35.8 Å². The van der Waals surface area contributed by atoms with Crippen LogP contribution in [0.15, 0.2) is 29.3 Å². The van der Waals surface area contributed by atoms with Gasteiger partial charge in [-0.1, -0.05) is 45.0 Å². The fraction of sp³-hybridized carbons (Fsp3) is 0.667. The minimum absolute atomic E-state index is 0. The third-order valence-corrected chi connectivity index (χ3v) is 4.19. The summed E-state index contributed by atoms with van der Waals surface area (Å²) >= 11 is 0. The Balaban J connectivity index is 0.00000676. The molecule has 0 saturated heterocycles. The molecule has 0 aliphatic heterocycles. The van der Waals surface area contributed by atoms with E-state index in [4.69, 9.17) is 9.47 Å². The SMILES string of the molecule is CN=C(NCCCCOCCOC)NCCc1ccc(C(C)(C)C)cc1.I. The second kappa shape index (κ2) is 15.1. The van der Waals surface area contributed by atoms with E-state index in [1.807, 2.05) is 0 Å². The Labute approximate surface area is 182 Å². The van der Waals surface area contributed by atoms with Gasteiger partial charge in [-0.2, -0.15) is 0 Å². The van der Waals surface area contributed by atoms with E-state index >= 15 is 0 Å². The molecule has 0 heterocycles. The number of benzene rings is 1. The minimum Gasteiger partial charge on any atom is -0.382 e. The molecule has 1 rings (SSSR count). The summed E-state index contributed by atoms with van der Waals surface area (Å²) in [7, 11) is 3.49. The second-order valence-corrected chi connectivity index (χ2v) is 7.43. The molecule has 0 aliphatic rings. The number of unbranched alkanes of at least 4 members (excludes halogenated alkanes) is 1. The highest BCUT2D eigenvalue weighted by molar-refractivity contribution is 14.0. The highest BCUT2D eigenvalue weighted by atomic mass is 127.